The van der Waals surface area contributed by atoms with Crippen molar-refractivity contribution in [1.29, 1.82) is 5.26 Å². The third-order valence-corrected chi connectivity index (χ3v) is 4.93. The number of fused-ring (bicyclic) bond motifs is 3. The number of nitrogens with zero attached hydrogens (tertiary/aromatic N) is 1. The number of halogens is 1. The molecule has 4 nitrogen and oxygen atoms in total. The summed E-state index contributed by atoms with van der Waals surface area (Å²) in [5.41, 5.74) is 8.21. The predicted octanol–water partition coefficient (Wildman–Crippen LogP) is 4.72. The second-order valence-electron chi connectivity index (χ2n) is 6.02. The molecule has 0 fully saturated rings. The second-order valence-corrected chi connectivity index (χ2v) is 6.43. The number of benzene rings is 3. The average Bonchev–Trinajstić information content (AvgIpc) is 2.68. The molecular weight excluding hydrogens is 348 g/mol. The van der Waals surface area contributed by atoms with E-state index in [1.165, 1.54) is 0 Å². The van der Waals surface area contributed by atoms with E-state index in [9.17, 15) is 5.26 Å². The maximum Gasteiger partial charge on any atom is 0.205 e. The Morgan fingerprint density at radius 2 is 1.81 bits per heavy atom. The molecule has 1 heterocycles. The number of rotatable bonds is 2. The van der Waals surface area contributed by atoms with Gasteiger partial charge in [0.25, 0.3) is 0 Å². The summed E-state index contributed by atoms with van der Waals surface area (Å²) in [4.78, 5) is 0. The van der Waals surface area contributed by atoms with Crippen molar-refractivity contribution in [3.8, 4) is 17.6 Å². The first kappa shape index (κ1) is 16.3. The van der Waals surface area contributed by atoms with Crippen molar-refractivity contribution in [2.75, 3.05) is 7.11 Å². The third-order valence-electron chi connectivity index (χ3n) is 4.62. The number of hydrogen-bond donors (Lipinski definition) is 1. The van der Waals surface area contributed by atoms with Crippen molar-refractivity contribution in [1.82, 2.24) is 0 Å². The fourth-order valence-electron chi connectivity index (χ4n) is 3.38. The van der Waals surface area contributed by atoms with Crippen molar-refractivity contribution < 1.29 is 9.47 Å². The molecular formula is C21H15ClN2O2. The molecule has 0 radical (unpaired) electrons. The van der Waals surface area contributed by atoms with Crippen molar-refractivity contribution in [2.45, 2.75) is 5.92 Å². The summed E-state index contributed by atoms with van der Waals surface area (Å²) < 4.78 is 11.1. The summed E-state index contributed by atoms with van der Waals surface area (Å²) in [6, 6.07) is 19.3. The van der Waals surface area contributed by atoms with E-state index in [0.29, 0.717) is 16.3 Å². The van der Waals surface area contributed by atoms with Gasteiger partial charge in [0.1, 0.15) is 23.1 Å². The fourth-order valence-corrected chi connectivity index (χ4v) is 3.66. The molecule has 0 saturated heterocycles. The van der Waals surface area contributed by atoms with Gasteiger partial charge < -0.3 is 15.2 Å². The average molecular weight is 363 g/mol. The van der Waals surface area contributed by atoms with Crippen molar-refractivity contribution in [3.63, 3.8) is 0 Å². The van der Waals surface area contributed by atoms with Crippen molar-refractivity contribution >= 4 is 22.4 Å². The summed E-state index contributed by atoms with van der Waals surface area (Å²) >= 11 is 6.52. The number of ether oxygens (including phenoxy) is 2. The SMILES string of the molecule is COc1ccc([C@@H]2C(C#N)=C(N)Oc3c2cc(Cl)c2ccccc32)cc1. The Morgan fingerprint density at radius 3 is 2.46 bits per heavy atom. The van der Waals surface area contributed by atoms with Gasteiger partial charge in [0.15, 0.2) is 0 Å². The maximum absolute atomic E-state index is 9.68. The van der Waals surface area contributed by atoms with Gasteiger partial charge in [0.2, 0.25) is 5.88 Å². The lowest BCUT2D eigenvalue weighted by molar-refractivity contribution is 0.398. The highest BCUT2D eigenvalue weighted by atomic mass is 35.5. The monoisotopic (exact) mass is 362 g/mol. The minimum atomic E-state index is -0.350. The van der Waals surface area contributed by atoms with Crippen LogP contribution in [0, 0.1) is 11.3 Å². The van der Waals surface area contributed by atoms with Crippen LogP contribution in [0.1, 0.15) is 17.0 Å². The zero-order valence-corrected chi connectivity index (χ0v) is 14.7. The van der Waals surface area contributed by atoms with E-state index in [1.54, 1.807) is 7.11 Å². The van der Waals surface area contributed by atoms with E-state index in [-0.39, 0.29) is 11.8 Å². The molecule has 0 unspecified atom stereocenters. The Morgan fingerprint density at radius 1 is 1.12 bits per heavy atom. The molecule has 26 heavy (non-hydrogen) atoms. The highest BCUT2D eigenvalue weighted by Crippen LogP contribution is 2.47. The van der Waals surface area contributed by atoms with Gasteiger partial charge in [-0.1, -0.05) is 48.0 Å². The fraction of sp³-hybridized carbons (Fsp3) is 0.0952. The van der Waals surface area contributed by atoms with Crippen LogP contribution in [-0.2, 0) is 0 Å². The van der Waals surface area contributed by atoms with Gasteiger partial charge in [0, 0.05) is 21.4 Å². The lowest BCUT2D eigenvalue weighted by atomic mass is 9.82. The minimum absolute atomic E-state index is 0.119. The first-order valence-electron chi connectivity index (χ1n) is 8.06. The highest BCUT2D eigenvalue weighted by molar-refractivity contribution is 6.36. The van der Waals surface area contributed by atoms with E-state index in [2.05, 4.69) is 6.07 Å². The molecule has 1 aliphatic rings. The molecule has 5 heteroatoms. The van der Waals surface area contributed by atoms with Crippen LogP contribution >= 0.6 is 11.6 Å². The topological polar surface area (TPSA) is 68.3 Å². The van der Waals surface area contributed by atoms with Crippen LogP contribution in [0.25, 0.3) is 10.8 Å². The zero-order chi connectivity index (χ0) is 18.3. The molecule has 3 aromatic rings. The Labute approximate surface area is 156 Å². The van der Waals surface area contributed by atoms with E-state index < -0.39 is 0 Å². The van der Waals surface area contributed by atoms with Crippen LogP contribution in [0.5, 0.6) is 11.5 Å². The van der Waals surface area contributed by atoms with Crippen LogP contribution in [0.3, 0.4) is 0 Å². The Balaban J connectivity index is 2.00. The first-order valence-corrected chi connectivity index (χ1v) is 8.44. The standard InChI is InChI=1S/C21H15ClN2O2/c1-25-13-8-6-12(7-9-13)19-16-10-18(22)14-4-2-3-5-15(14)20(16)26-21(24)17(19)11-23/h2-10,19H,24H2,1H3/t19-/m0/s1. The summed E-state index contributed by atoms with van der Waals surface area (Å²) in [5, 5.41) is 12.0. The van der Waals surface area contributed by atoms with Gasteiger partial charge in [0.05, 0.1) is 13.0 Å². The quantitative estimate of drug-likeness (QED) is 0.716. The molecule has 1 aliphatic heterocycles. The van der Waals surface area contributed by atoms with Crippen LogP contribution in [0.2, 0.25) is 5.02 Å². The maximum atomic E-state index is 9.68. The van der Waals surface area contributed by atoms with E-state index >= 15 is 0 Å². The lowest BCUT2D eigenvalue weighted by Crippen LogP contribution is -2.21. The minimum Gasteiger partial charge on any atom is -0.497 e. The molecule has 4 rings (SSSR count). The molecule has 0 spiro atoms. The second kappa shape index (κ2) is 6.29. The van der Waals surface area contributed by atoms with Gasteiger partial charge >= 0.3 is 0 Å². The van der Waals surface area contributed by atoms with E-state index in [0.717, 1.165) is 27.6 Å². The summed E-state index contributed by atoms with van der Waals surface area (Å²) in [7, 11) is 1.61. The van der Waals surface area contributed by atoms with Crippen molar-refractivity contribution in [3.05, 3.63) is 82.2 Å². The highest BCUT2D eigenvalue weighted by Gasteiger charge is 2.32. The predicted molar refractivity (Wildman–Crippen MR) is 101 cm³/mol. The molecule has 0 bridgehead atoms. The normalized spacial score (nSPS) is 16.0. The van der Waals surface area contributed by atoms with Crippen LogP contribution in [-0.4, -0.2) is 7.11 Å². The smallest absolute Gasteiger partial charge is 0.205 e. The third kappa shape index (κ3) is 2.45. The van der Waals surface area contributed by atoms with Gasteiger partial charge in [-0.3, -0.25) is 0 Å². The Hall–Kier alpha value is -3.16. The molecule has 0 aliphatic carbocycles. The van der Waals surface area contributed by atoms with Gasteiger partial charge in [-0.05, 0) is 23.8 Å². The summed E-state index contributed by atoms with van der Waals surface area (Å²) in [6.45, 7) is 0. The first-order chi connectivity index (χ1) is 12.6. The van der Waals surface area contributed by atoms with E-state index in [1.807, 2.05) is 54.6 Å². The molecule has 0 aromatic heterocycles. The number of nitrogens with two attached hydrogens (primary N) is 1. The largest absolute Gasteiger partial charge is 0.497 e. The molecule has 3 aromatic carbocycles. The molecule has 2 N–H and O–H groups in total. The Bertz CT molecular complexity index is 1080. The molecule has 128 valence electrons. The summed E-state index contributed by atoms with van der Waals surface area (Å²) in [6.07, 6.45) is 0. The lowest BCUT2D eigenvalue weighted by Gasteiger charge is -2.28. The summed E-state index contributed by atoms with van der Waals surface area (Å²) in [5.74, 6) is 1.15. The zero-order valence-electron chi connectivity index (χ0n) is 14.0. The molecule has 0 amide bonds. The van der Waals surface area contributed by atoms with Crippen molar-refractivity contribution in [2.24, 2.45) is 5.73 Å². The van der Waals surface area contributed by atoms with Gasteiger partial charge in [-0.25, -0.2) is 0 Å². The van der Waals surface area contributed by atoms with Crippen LogP contribution in [0.4, 0.5) is 0 Å². The van der Waals surface area contributed by atoms with Crippen LogP contribution in [0.15, 0.2) is 66.1 Å². The van der Waals surface area contributed by atoms with Gasteiger partial charge in [-0.15, -0.1) is 0 Å². The number of methoxy groups -OCH3 is 1. The molecule has 0 saturated carbocycles. The Kier molecular flexibility index (Phi) is 3.95. The van der Waals surface area contributed by atoms with Gasteiger partial charge in [-0.2, -0.15) is 5.26 Å². The molecule has 1 atom stereocenters. The van der Waals surface area contributed by atoms with E-state index in [4.69, 9.17) is 26.8 Å². The number of nitriles is 1. The van der Waals surface area contributed by atoms with Crippen LogP contribution < -0.4 is 15.2 Å². The number of allylic oxidation sites excluding steroid dienone is 1. The number of hydrogen-bond acceptors (Lipinski definition) is 4.